The van der Waals surface area contributed by atoms with Crippen LogP contribution in [0.5, 0.6) is 0 Å². The Kier molecular flexibility index (Phi) is 6.89. The average Bonchev–Trinajstić information content (AvgIpc) is 2.75. The van der Waals surface area contributed by atoms with Crippen LogP contribution in [0.15, 0.2) is 10.6 Å². The van der Waals surface area contributed by atoms with E-state index >= 15 is 0 Å². The van der Waals surface area contributed by atoms with Crippen LogP contribution in [0.4, 0.5) is 0 Å². The smallest absolute Gasteiger partial charge is 0.162 e. The van der Waals surface area contributed by atoms with Crippen molar-refractivity contribution < 1.29 is 9.26 Å². The Labute approximate surface area is 104 Å². The number of hydrogen-bond donors (Lipinski definition) is 1. The molecule has 0 bridgehead atoms. The number of nitrogens with zero attached hydrogens (tertiary/aromatic N) is 1. The van der Waals surface area contributed by atoms with Gasteiger partial charge >= 0.3 is 0 Å². The minimum Gasteiger partial charge on any atom is -0.373 e. The molecule has 98 valence electrons. The van der Waals surface area contributed by atoms with E-state index in [0.29, 0.717) is 12.5 Å². The van der Waals surface area contributed by atoms with Crippen molar-refractivity contribution in [1.29, 1.82) is 0 Å². The van der Waals surface area contributed by atoms with Crippen LogP contribution in [-0.2, 0) is 17.9 Å². The predicted octanol–water partition coefficient (Wildman–Crippen LogP) is 2.74. The molecule has 1 rings (SSSR count). The van der Waals surface area contributed by atoms with Crippen LogP contribution in [0, 0.1) is 5.92 Å². The third-order valence-electron chi connectivity index (χ3n) is 2.59. The topological polar surface area (TPSA) is 47.3 Å². The van der Waals surface area contributed by atoms with Crippen LogP contribution in [0.2, 0.25) is 0 Å². The molecule has 1 unspecified atom stereocenters. The van der Waals surface area contributed by atoms with Gasteiger partial charge in [0.15, 0.2) is 5.76 Å². The van der Waals surface area contributed by atoms with Crippen LogP contribution in [0.3, 0.4) is 0 Å². The van der Waals surface area contributed by atoms with Crippen molar-refractivity contribution in [3.05, 3.63) is 17.5 Å². The zero-order valence-corrected chi connectivity index (χ0v) is 11.2. The van der Waals surface area contributed by atoms with E-state index < -0.39 is 0 Å². The fourth-order valence-corrected chi connectivity index (χ4v) is 1.70. The summed E-state index contributed by atoms with van der Waals surface area (Å²) in [4.78, 5) is 0. The first-order valence-electron chi connectivity index (χ1n) is 6.49. The molecule has 0 saturated heterocycles. The van der Waals surface area contributed by atoms with Crippen molar-refractivity contribution in [3.8, 4) is 0 Å². The fourth-order valence-electron chi connectivity index (χ4n) is 1.70. The molecule has 17 heavy (non-hydrogen) atoms. The van der Waals surface area contributed by atoms with E-state index in [0.717, 1.165) is 31.2 Å². The summed E-state index contributed by atoms with van der Waals surface area (Å²) in [5, 5.41) is 7.18. The van der Waals surface area contributed by atoms with Gasteiger partial charge in [0.05, 0.1) is 5.69 Å². The molecular formula is C13H24N2O2. The summed E-state index contributed by atoms with van der Waals surface area (Å²) in [5.41, 5.74) is 0.937. The van der Waals surface area contributed by atoms with Crippen molar-refractivity contribution in [1.82, 2.24) is 10.5 Å². The lowest BCUT2D eigenvalue weighted by Gasteiger charge is -2.08. The summed E-state index contributed by atoms with van der Waals surface area (Å²) in [7, 11) is 0. The molecule has 0 spiro atoms. The Hall–Kier alpha value is -0.870. The molecule has 0 fully saturated rings. The molecular weight excluding hydrogens is 216 g/mol. The Morgan fingerprint density at radius 3 is 3.00 bits per heavy atom. The molecule has 0 aliphatic rings. The normalized spacial score (nSPS) is 12.9. The van der Waals surface area contributed by atoms with Crippen LogP contribution in [0.25, 0.3) is 0 Å². The van der Waals surface area contributed by atoms with Crippen molar-refractivity contribution >= 4 is 0 Å². The van der Waals surface area contributed by atoms with Gasteiger partial charge in [-0.15, -0.1) is 0 Å². The zero-order valence-electron chi connectivity index (χ0n) is 11.2. The van der Waals surface area contributed by atoms with E-state index in [-0.39, 0.29) is 0 Å². The second-order valence-corrected chi connectivity index (χ2v) is 4.47. The van der Waals surface area contributed by atoms with Crippen LogP contribution < -0.4 is 5.32 Å². The first-order chi connectivity index (χ1) is 8.26. The molecule has 0 aromatic carbocycles. The monoisotopic (exact) mass is 240 g/mol. The Morgan fingerprint density at radius 1 is 1.47 bits per heavy atom. The Bertz CT molecular complexity index is 299. The summed E-state index contributed by atoms with van der Waals surface area (Å²) < 4.78 is 10.8. The highest BCUT2D eigenvalue weighted by Gasteiger charge is 2.05. The molecule has 0 aliphatic heterocycles. The van der Waals surface area contributed by atoms with Crippen LogP contribution in [-0.4, -0.2) is 18.3 Å². The number of aromatic nitrogens is 1. The lowest BCUT2D eigenvalue weighted by Crippen LogP contribution is -2.11. The molecule has 1 heterocycles. The molecule has 1 aromatic heterocycles. The van der Waals surface area contributed by atoms with E-state index in [1.54, 1.807) is 0 Å². The highest BCUT2D eigenvalue weighted by molar-refractivity contribution is 5.04. The molecule has 0 amide bonds. The van der Waals surface area contributed by atoms with Crippen LogP contribution in [0.1, 0.15) is 45.1 Å². The summed E-state index contributed by atoms with van der Waals surface area (Å²) in [6.45, 7) is 9.48. The average molecular weight is 240 g/mol. The minimum absolute atomic E-state index is 0.521. The quantitative estimate of drug-likeness (QED) is 0.721. The van der Waals surface area contributed by atoms with Gasteiger partial charge in [-0.2, -0.15) is 0 Å². The maximum atomic E-state index is 5.60. The van der Waals surface area contributed by atoms with Crippen molar-refractivity contribution in [2.24, 2.45) is 5.92 Å². The molecule has 0 aliphatic carbocycles. The maximum Gasteiger partial charge on any atom is 0.162 e. The lowest BCUT2D eigenvalue weighted by atomic mass is 10.1. The number of nitrogens with one attached hydrogen (secondary N) is 1. The fraction of sp³-hybridized carbons (Fsp3) is 0.769. The highest BCUT2D eigenvalue weighted by atomic mass is 16.5. The van der Waals surface area contributed by atoms with Crippen molar-refractivity contribution in [2.75, 3.05) is 13.2 Å². The largest absolute Gasteiger partial charge is 0.373 e. The van der Waals surface area contributed by atoms with E-state index in [2.05, 4.69) is 31.2 Å². The molecule has 1 N–H and O–H groups in total. The van der Waals surface area contributed by atoms with E-state index in [1.807, 2.05) is 6.07 Å². The molecule has 1 aromatic rings. The summed E-state index contributed by atoms with van der Waals surface area (Å²) >= 11 is 0. The number of hydrogen-bond acceptors (Lipinski definition) is 4. The summed E-state index contributed by atoms with van der Waals surface area (Å²) in [5.74, 6) is 1.42. The van der Waals surface area contributed by atoms with E-state index in [9.17, 15) is 0 Å². The second-order valence-electron chi connectivity index (χ2n) is 4.47. The molecule has 0 radical (unpaired) electrons. The zero-order chi connectivity index (χ0) is 12.5. The number of ether oxygens (including phenoxy) is 1. The Morgan fingerprint density at radius 2 is 2.29 bits per heavy atom. The van der Waals surface area contributed by atoms with Gasteiger partial charge in [0.25, 0.3) is 0 Å². The molecule has 1 atom stereocenters. The van der Waals surface area contributed by atoms with Gasteiger partial charge in [0.1, 0.15) is 6.61 Å². The van der Waals surface area contributed by atoms with Gasteiger partial charge in [-0.3, -0.25) is 0 Å². The second kappa shape index (κ2) is 8.25. The Balaban J connectivity index is 2.20. The summed E-state index contributed by atoms with van der Waals surface area (Å²) in [6.07, 6.45) is 2.42. The molecule has 4 nitrogen and oxygen atoms in total. The van der Waals surface area contributed by atoms with Gasteiger partial charge in [-0.05, 0) is 18.9 Å². The number of rotatable bonds is 9. The van der Waals surface area contributed by atoms with Gasteiger partial charge in [0, 0.05) is 19.2 Å². The third kappa shape index (κ3) is 5.84. The van der Waals surface area contributed by atoms with Gasteiger partial charge in [-0.25, -0.2) is 0 Å². The van der Waals surface area contributed by atoms with Crippen molar-refractivity contribution in [2.45, 2.75) is 46.8 Å². The standard InChI is InChI=1S/C13H24N2O2/c1-4-6-11(3)9-16-10-13-7-12(15-17-13)8-14-5-2/h7,11,14H,4-6,8-10H2,1-3H3. The van der Waals surface area contributed by atoms with E-state index in [4.69, 9.17) is 9.26 Å². The van der Waals surface area contributed by atoms with E-state index in [1.165, 1.54) is 12.8 Å². The van der Waals surface area contributed by atoms with Gasteiger partial charge < -0.3 is 14.6 Å². The van der Waals surface area contributed by atoms with Gasteiger partial charge in [0.2, 0.25) is 0 Å². The predicted molar refractivity (Wildman–Crippen MR) is 67.6 cm³/mol. The lowest BCUT2D eigenvalue weighted by molar-refractivity contribution is 0.0739. The first kappa shape index (κ1) is 14.2. The minimum atomic E-state index is 0.521. The van der Waals surface area contributed by atoms with Crippen molar-refractivity contribution in [3.63, 3.8) is 0 Å². The maximum absolute atomic E-state index is 5.60. The highest BCUT2D eigenvalue weighted by Crippen LogP contribution is 2.09. The van der Waals surface area contributed by atoms with Gasteiger partial charge in [-0.1, -0.05) is 32.3 Å². The first-order valence-corrected chi connectivity index (χ1v) is 6.49. The van der Waals surface area contributed by atoms with Crippen LogP contribution >= 0.6 is 0 Å². The third-order valence-corrected chi connectivity index (χ3v) is 2.59. The molecule has 0 saturated carbocycles. The SMILES string of the molecule is CCCC(C)COCc1cc(CNCC)no1. The summed E-state index contributed by atoms with van der Waals surface area (Å²) in [6, 6.07) is 1.95. The molecule has 4 heteroatoms.